The van der Waals surface area contributed by atoms with Crippen LogP contribution in [-0.4, -0.2) is 52.3 Å². The summed E-state index contributed by atoms with van der Waals surface area (Å²) in [5.74, 6) is -0.834. The second-order valence-corrected chi connectivity index (χ2v) is 8.31. The van der Waals surface area contributed by atoms with Gasteiger partial charge in [0.2, 0.25) is 0 Å². The summed E-state index contributed by atoms with van der Waals surface area (Å²) >= 11 is 0. The van der Waals surface area contributed by atoms with E-state index in [1.165, 1.54) is 4.90 Å². The van der Waals surface area contributed by atoms with Crippen molar-refractivity contribution in [3.63, 3.8) is 0 Å². The van der Waals surface area contributed by atoms with Gasteiger partial charge in [-0.25, -0.2) is 4.79 Å². The molecule has 4 atom stereocenters. The zero-order valence-electron chi connectivity index (χ0n) is 15.9. The van der Waals surface area contributed by atoms with E-state index in [1.807, 2.05) is 18.2 Å². The molecular formula is C19H28N2O5. The van der Waals surface area contributed by atoms with Gasteiger partial charge in [-0.3, -0.25) is 4.90 Å². The first kappa shape index (κ1) is 18.9. The molecule has 144 valence electrons. The van der Waals surface area contributed by atoms with E-state index in [0.29, 0.717) is 11.3 Å². The van der Waals surface area contributed by atoms with Crippen LogP contribution < -0.4 is 5.73 Å². The summed E-state index contributed by atoms with van der Waals surface area (Å²) in [6, 6.07) is 6.07. The van der Waals surface area contributed by atoms with Gasteiger partial charge in [-0.1, -0.05) is 18.2 Å². The number of ether oxygens (including phenoxy) is 3. The SMILES string of the molecule is CC(C)(C)OC(=O)N1C2COC(C)(C)O[C@H]2[C@@H](O)[C@@H]1c1ccccc1N. The minimum Gasteiger partial charge on any atom is -0.444 e. The van der Waals surface area contributed by atoms with Gasteiger partial charge < -0.3 is 25.1 Å². The Balaban J connectivity index is 2.01. The Kier molecular flexibility index (Phi) is 4.67. The number of hydrogen-bond donors (Lipinski definition) is 2. The maximum Gasteiger partial charge on any atom is 0.411 e. The Hall–Kier alpha value is -1.83. The van der Waals surface area contributed by atoms with Crippen molar-refractivity contribution >= 4 is 11.8 Å². The lowest BCUT2D eigenvalue weighted by molar-refractivity contribution is -0.291. The molecule has 0 radical (unpaired) electrons. The van der Waals surface area contributed by atoms with Gasteiger partial charge in [-0.05, 0) is 40.7 Å². The third kappa shape index (κ3) is 3.51. The predicted molar refractivity (Wildman–Crippen MR) is 96.4 cm³/mol. The summed E-state index contributed by atoms with van der Waals surface area (Å²) in [4.78, 5) is 14.5. The summed E-state index contributed by atoms with van der Waals surface area (Å²) < 4.78 is 17.3. The summed E-state index contributed by atoms with van der Waals surface area (Å²) in [6.45, 7) is 9.24. The summed E-state index contributed by atoms with van der Waals surface area (Å²) in [5, 5.41) is 11.0. The van der Waals surface area contributed by atoms with Gasteiger partial charge in [-0.15, -0.1) is 0 Å². The van der Waals surface area contributed by atoms with Crippen LogP contribution in [0, 0.1) is 0 Å². The highest BCUT2D eigenvalue weighted by molar-refractivity contribution is 5.71. The number of amides is 1. The van der Waals surface area contributed by atoms with Gasteiger partial charge in [0, 0.05) is 11.3 Å². The van der Waals surface area contributed by atoms with E-state index in [1.54, 1.807) is 40.7 Å². The molecule has 0 saturated carbocycles. The molecule has 2 fully saturated rings. The van der Waals surface area contributed by atoms with Crippen molar-refractivity contribution in [1.82, 2.24) is 4.90 Å². The van der Waals surface area contributed by atoms with Crippen LogP contribution in [0.1, 0.15) is 46.2 Å². The van der Waals surface area contributed by atoms with Crippen LogP contribution in [0.25, 0.3) is 0 Å². The molecule has 3 N–H and O–H groups in total. The summed E-state index contributed by atoms with van der Waals surface area (Å²) in [7, 11) is 0. The van der Waals surface area contributed by atoms with Crippen LogP contribution in [0.3, 0.4) is 0 Å². The molecule has 1 amide bonds. The van der Waals surface area contributed by atoms with Gasteiger partial charge >= 0.3 is 6.09 Å². The van der Waals surface area contributed by atoms with E-state index >= 15 is 0 Å². The largest absolute Gasteiger partial charge is 0.444 e. The first-order valence-electron chi connectivity index (χ1n) is 8.86. The van der Waals surface area contributed by atoms with Crippen molar-refractivity contribution in [2.75, 3.05) is 12.3 Å². The quantitative estimate of drug-likeness (QED) is 0.744. The molecule has 0 spiro atoms. The maximum atomic E-state index is 13.0. The first-order chi connectivity index (χ1) is 12.0. The first-order valence-corrected chi connectivity index (χ1v) is 8.86. The number of benzene rings is 1. The average molecular weight is 364 g/mol. The number of nitrogens with two attached hydrogens (primary N) is 1. The van der Waals surface area contributed by atoms with Crippen LogP contribution in [0.4, 0.5) is 10.5 Å². The minimum atomic E-state index is -0.944. The fraction of sp³-hybridized carbons (Fsp3) is 0.632. The van der Waals surface area contributed by atoms with E-state index in [0.717, 1.165) is 0 Å². The Morgan fingerprint density at radius 3 is 2.62 bits per heavy atom. The van der Waals surface area contributed by atoms with Crippen molar-refractivity contribution in [3.8, 4) is 0 Å². The fourth-order valence-corrected chi connectivity index (χ4v) is 3.59. The van der Waals surface area contributed by atoms with Gasteiger partial charge in [-0.2, -0.15) is 0 Å². The number of nitrogens with zero attached hydrogens (tertiary/aromatic N) is 1. The van der Waals surface area contributed by atoms with Crippen molar-refractivity contribution in [1.29, 1.82) is 0 Å². The van der Waals surface area contributed by atoms with Gasteiger partial charge in [0.05, 0.1) is 18.7 Å². The highest BCUT2D eigenvalue weighted by Gasteiger charge is 2.57. The van der Waals surface area contributed by atoms with E-state index in [4.69, 9.17) is 19.9 Å². The van der Waals surface area contributed by atoms with E-state index in [9.17, 15) is 9.90 Å². The topological polar surface area (TPSA) is 94.2 Å². The predicted octanol–water partition coefficient (Wildman–Crippen LogP) is 2.44. The van der Waals surface area contributed by atoms with Crippen LogP contribution >= 0.6 is 0 Å². The second-order valence-electron chi connectivity index (χ2n) is 8.31. The molecule has 1 unspecified atom stereocenters. The Morgan fingerprint density at radius 2 is 2.00 bits per heavy atom. The van der Waals surface area contributed by atoms with Gasteiger partial charge in [0.15, 0.2) is 5.79 Å². The number of aliphatic hydroxyl groups excluding tert-OH is 1. The van der Waals surface area contributed by atoms with Crippen molar-refractivity contribution in [2.24, 2.45) is 0 Å². The maximum absolute atomic E-state index is 13.0. The zero-order chi connectivity index (χ0) is 19.3. The normalized spacial score (nSPS) is 30.8. The molecule has 2 aliphatic heterocycles. The Labute approximate surface area is 154 Å². The number of nitrogen functional groups attached to an aromatic ring is 1. The summed E-state index contributed by atoms with van der Waals surface area (Å²) in [5.41, 5.74) is 6.64. The smallest absolute Gasteiger partial charge is 0.411 e. The second kappa shape index (κ2) is 6.40. The summed E-state index contributed by atoms with van der Waals surface area (Å²) in [6.07, 6.45) is -2.06. The van der Waals surface area contributed by atoms with Crippen molar-refractivity contribution in [2.45, 2.75) is 70.3 Å². The highest BCUT2D eigenvalue weighted by Crippen LogP contribution is 2.44. The third-order valence-corrected chi connectivity index (χ3v) is 4.64. The number of carbonyl (C=O) groups is 1. The average Bonchev–Trinajstić information content (AvgIpc) is 2.78. The Morgan fingerprint density at radius 1 is 1.35 bits per heavy atom. The minimum absolute atomic E-state index is 0.247. The number of para-hydroxylation sites is 1. The van der Waals surface area contributed by atoms with E-state index in [2.05, 4.69) is 0 Å². The molecule has 7 heteroatoms. The number of aliphatic hydroxyl groups is 1. The Bertz CT molecular complexity index is 685. The molecule has 3 rings (SSSR count). The molecule has 2 heterocycles. The lowest BCUT2D eigenvalue weighted by atomic mass is 9.98. The van der Waals surface area contributed by atoms with Crippen LogP contribution in [0.5, 0.6) is 0 Å². The molecule has 0 aliphatic carbocycles. The van der Waals surface area contributed by atoms with Crippen LogP contribution in [-0.2, 0) is 14.2 Å². The third-order valence-electron chi connectivity index (χ3n) is 4.64. The molecule has 1 aromatic carbocycles. The molecule has 26 heavy (non-hydrogen) atoms. The van der Waals surface area contributed by atoms with E-state index in [-0.39, 0.29) is 6.61 Å². The zero-order valence-corrected chi connectivity index (χ0v) is 15.9. The number of carbonyl (C=O) groups excluding carboxylic acids is 1. The fourth-order valence-electron chi connectivity index (χ4n) is 3.59. The number of likely N-dealkylation sites (tertiary alicyclic amines) is 1. The molecular weight excluding hydrogens is 336 g/mol. The number of hydrogen-bond acceptors (Lipinski definition) is 6. The monoisotopic (exact) mass is 364 g/mol. The van der Waals surface area contributed by atoms with Crippen LogP contribution in [0.2, 0.25) is 0 Å². The number of fused-ring (bicyclic) bond motifs is 1. The van der Waals surface area contributed by atoms with Crippen LogP contribution in [0.15, 0.2) is 24.3 Å². The molecule has 0 aromatic heterocycles. The van der Waals surface area contributed by atoms with Crippen molar-refractivity contribution < 1.29 is 24.1 Å². The molecule has 1 aromatic rings. The van der Waals surface area contributed by atoms with Gasteiger partial charge in [0.25, 0.3) is 0 Å². The molecule has 7 nitrogen and oxygen atoms in total. The highest BCUT2D eigenvalue weighted by atomic mass is 16.7. The number of anilines is 1. The van der Waals surface area contributed by atoms with E-state index < -0.39 is 41.8 Å². The molecule has 2 saturated heterocycles. The molecule has 0 bridgehead atoms. The van der Waals surface area contributed by atoms with Gasteiger partial charge in [0.1, 0.15) is 17.8 Å². The van der Waals surface area contributed by atoms with Crippen molar-refractivity contribution in [3.05, 3.63) is 29.8 Å². The number of rotatable bonds is 1. The standard InChI is InChI=1S/C19H28N2O5/c1-18(2,3)26-17(23)21-13-10-24-19(4,5)25-16(13)15(22)14(21)11-8-6-7-9-12(11)20/h6-9,13-16,22H,10,20H2,1-5H3/t13?,14-,15-,16+/m0/s1. The molecule has 2 aliphatic rings. The lowest BCUT2D eigenvalue weighted by Gasteiger charge is -2.40. The lowest BCUT2D eigenvalue weighted by Crippen LogP contribution is -2.54.